The van der Waals surface area contributed by atoms with Crippen LogP contribution in [-0.2, 0) is 12.3 Å². The van der Waals surface area contributed by atoms with Crippen LogP contribution in [-0.4, -0.2) is 22.1 Å². The van der Waals surface area contributed by atoms with Crippen LogP contribution in [0.2, 0.25) is 0 Å². The number of anilines is 1. The summed E-state index contributed by atoms with van der Waals surface area (Å²) >= 11 is 1.73. The second-order valence-electron chi connectivity index (χ2n) is 5.41. The Bertz CT molecular complexity index is 867. The Balaban J connectivity index is 1.55. The fraction of sp³-hybridized carbons (Fsp3) is 0.167. The highest BCUT2D eigenvalue weighted by Gasteiger charge is 2.19. The van der Waals surface area contributed by atoms with Gasteiger partial charge in [0.15, 0.2) is 0 Å². The molecule has 1 aliphatic heterocycles. The van der Waals surface area contributed by atoms with Gasteiger partial charge in [-0.05, 0) is 29.8 Å². The third kappa shape index (κ3) is 2.92. The number of ether oxygens (including phenoxy) is 1. The van der Waals surface area contributed by atoms with Gasteiger partial charge in [0.05, 0.1) is 12.8 Å². The maximum atomic E-state index is 5.17. The second kappa shape index (κ2) is 6.49. The molecule has 0 atom stereocenters. The van der Waals surface area contributed by atoms with Gasteiger partial charge in [-0.3, -0.25) is 0 Å². The van der Waals surface area contributed by atoms with E-state index in [4.69, 9.17) is 9.72 Å². The summed E-state index contributed by atoms with van der Waals surface area (Å²) in [7, 11) is 1.67. The first-order valence-corrected chi connectivity index (χ1v) is 8.63. The highest BCUT2D eigenvalue weighted by Crippen LogP contribution is 2.38. The van der Waals surface area contributed by atoms with Crippen molar-refractivity contribution in [3.63, 3.8) is 0 Å². The molecule has 1 N–H and O–H groups in total. The van der Waals surface area contributed by atoms with Crippen molar-refractivity contribution < 1.29 is 4.74 Å². The Morgan fingerprint density at radius 1 is 1.17 bits per heavy atom. The molecule has 0 amide bonds. The topological polar surface area (TPSA) is 59.9 Å². The molecular weight excluding hydrogens is 320 g/mol. The molecule has 0 bridgehead atoms. The summed E-state index contributed by atoms with van der Waals surface area (Å²) in [4.78, 5) is 13.6. The first-order chi connectivity index (χ1) is 11.8. The molecule has 1 aromatic carbocycles. The van der Waals surface area contributed by atoms with E-state index >= 15 is 0 Å². The molecule has 24 heavy (non-hydrogen) atoms. The van der Waals surface area contributed by atoms with Gasteiger partial charge in [-0.15, -0.1) is 11.8 Å². The van der Waals surface area contributed by atoms with Crippen molar-refractivity contribution in [1.82, 2.24) is 15.0 Å². The zero-order valence-corrected chi connectivity index (χ0v) is 14.0. The Hall–Kier alpha value is -2.60. The second-order valence-corrected chi connectivity index (χ2v) is 6.38. The first-order valence-electron chi connectivity index (χ1n) is 7.64. The molecule has 4 rings (SSSR count). The van der Waals surface area contributed by atoms with Crippen LogP contribution >= 0.6 is 11.8 Å². The minimum absolute atomic E-state index is 0.631. The van der Waals surface area contributed by atoms with Crippen molar-refractivity contribution >= 4 is 17.7 Å². The van der Waals surface area contributed by atoms with Crippen LogP contribution in [0.4, 0.5) is 5.95 Å². The van der Waals surface area contributed by atoms with Crippen LogP contribution in [0, 0.1) is 0 Å². The van der Waals surface area contributed by atoms with Crippen LogP contribution in [0.3, 0.4) is 0 Å². The summed E-state index contributed by atoms with van der Waals surface area (Å²) in [6, 6.07) is 12.0. The molecule has 0 radical (unpaired) electrons. The molecule has 3 heterocycles. The van der Waals surface area contributed by atoms with E-state index in [1.165, 1.54) is 0 Å². The van der Waals surface area contributed by atoms with Crippen LogP contribution in [0.15, 0.2) is 53.8 Å². The van der Waals surface area contributed by atoms with Crippen LogP contribution < -0.4 is 10.1 Å². The molecule has 1 aliphatic rings. The molecule has 0 saturated carbocycles. The maximum Gasteiger partial charge on any atom is 0.223 e. The number of aromatic nitrogens is 3. The highest BCUT2D eigenvalue weighted by molar-refractivity contribution is 7.98. The largest absolute Gasteiger partial charge is 0.497 e. The minimum Gasteiger partial charge on any atom is -0.497 e. The Morgan fingerprint density at radius 2 is 2.04 bits per heavy atom. The Kier molecular flexibility index (Phi) is 4.04. The van der Waals surface area contributed by atoms with E-state index in [0.717, 1.165) is 38.9 Å². The van der Waals surface area contributed by atoms with Gasteiger partial charge in [-0.25, -0.2) is 15.0 Å². The number of nitrogens with one attached hydrogen (secondary N) is 1. The molecule has 0 aliphatic carbocycles. The quantitative estimate of drug-likeness (QED) is 0.783. The summed E-state index contributed by atoms with van der Waals surface area (Å²) in [5.74, 6) is 2.34. The molecule has 5 nitrogen and oxygen atoms in total. The van der Waals surface area contributed by atoms with Crippen molar-refractivity contribution in [2.24, 2.45) is 0 Å². The third-order valence-corrected chi connectivity index (χ3v) is 4.92. The molecule has 0 saturated heterocycles. The lowest BCUT2D eigenvalue weighted by atomic mass is 10.1. The number of methoxy groups -OCH3 is 1. The van der Waals surface area contributed by atoms with E-state index in [2.05, 4.69) is 21.4 Å². The van der Waals surface area contributed by atoms with Crippen LogP contribution in [0.25, 0.3) is 11.3 Å². The number of nitrogens with zero attached hydrogens (tertiary/aromatic N) is 3. The maximum absolute atomic E-state index is 5.17. The molecule has 0 fully saturated rings. The standard InChI is InChI=1S/C18H16N4OS/c1-23-14-6-4-12(5-7-14)9-20-18-21-10-13-11-24-17-15(16(13)22-18)3-2-8-19-17/h2-8,10H,9,11H2,1H3,(H,20,21,22). The van der Waals surface area contributed by atoms with Gasteiger partial charge >= 0.3 is 0 Å². The highest BCUT2D eigenvalue weighted by atomic mass is 32.2. The molecule has 0 spiro atoms. The van der Waals surface area contributed by atoms with Gasteiger partial charge < -0.3 is 10.1 Å². The molecule has 3 aromatic rings. The smallest absolute Gasteiger partial charge is 0.223 e. The average molecular weight is 336 g/mol. The summed E-state index contributed by atoms with van der Waals surface area (Å²) in [5, 5.41) is 4.32. The number of hydrogen-bond acceptors (Lipinski definition) is 6. The lowest BCUT2D eigenvalue weighted by Gasteiger charge is -2.17. The van der Waals surface area contributed by atoms with Gasteiger partial charge in [0.25, 0.3) is 0 Å². The lowest BCUT2D eigenvalue weighted by molar-refractivity contribution is 0.414. The molecule has 6 heteroatoms. The van der Waals surface area contributed by atoms with Crippen molar-refractivity contribution in [3.8, 4) is 17.0 Å². The van der Waals surface area contributed by atoms with E-state index < -0.39 is 0 Å². The van der Waals surface area contributed by atoms with E-state index in [0.29, 0.717) is 12.5 Å². The van der Waals surface area contributed by atoms with Crippen molar-refractivity contribution in [3.05, 3.63) is 59.9 Å². The number of thioether (sulfide) groups is 1. The third-order valence-electron chi connectivity index (χ3n) is 3.86. The van der Waals surface area contributed by atoms with E-state index in [1.807, 2.05) is 42.7 Å². The summed E-state index contributed by atoms with van der Waals surface area (Å²) in [6.07, 6.45) is 3.72. The minimum atomic E-state index is 0.631. The Labute approximate surface area is 144 Å². The zero-order valence-electron chi connectivity index (χ0n) is 13.2. The van der Waals surface area contributed by atoms with E-state index in [9.17, 15) is 0 Å². The SMILES string of the molecule is COc1ccc(CNc2ncc3c(n2)-c2cccnc2SC3)cc1. The number of benzene rings is 1. The normalized spacial score (nSPS) is 12.2. The average Bonchev–Trinajstić information content (AvgIpc) is 2.66. The first kappa shape index (κ1) is 15.0. The van der Waals surface area contributed by atoms with Gasteiger partial charge in [0, 0.05) is 35.8 Å². The number of rotatable bonds is 4. The van der Waals surface area contributed by atoms with E-state index in [-0.39, 0.29) is 0 Å². The predicted molar refractivity (Wildman–Crippen MR) is 95.1 cm³/mol. The van der Waals surface area contributed by atoms with Crippen molar-refractivity contribution in [2.75, 3.05) is 12.4 Å². The van der Waals surface area contributed by atoms with Gasteiger partial charge in [0.2, 0.25) is 5.95 Å². The van der Waals surface area contributed by atoms with Gasteiger partial charge in [0.1, 0.15) is 10.8 Å². The number of fused-ring (bicyclic) bond motifs is 3. The molecule has 2 aromatic heterocycles. The summed E-state index contributed by atoms with van der Waals surface area (Å²) in [6.45, 7) is 0.664. The summed E-state index contributed by atoms with van der Waals surface area (Å²) < 4.78 is 5.17. The summed E-state index contributed by atoms with van der Waals surface area (Å²) in [5.41, 5.74) is 4.35. The van der Waals surface area contributed by atoms with Gasteiger partial charge in [-0.2, -0.15) is 0 Å². The fourth-order valence-corrected chi connectivity index (χ4v) is 3.55. The zero-order chi connectivity index (χ0) is 16.4. The molecule has 0 unspecified atom stereocenters. The van der Waals surface area contributed by atoms with Crippen molar-refractivity contribution in [2.45, 2.75) is 17.3 Å². The molecular formula is C18H16N4OS. The molecule has 120 valence electrons. The van der Waals surface area contributed by atoms with Gasteiger partial charge in [-0.1, -0.05) is 12.1 Å². The lowest BCUT2D eigenvalue weighted by Crippen LogP contribution is -2.07. The van der Waals surface area contributed by atoms with Crippen LogP contribution in [0.1, 0.15) is 11.1 Å². The fourth-order valence-electron chi connectivity index (χ4n) is 2.59. The van der Waals surface area contributed by atoms with Crippen molar-refractivity contribution in [1.29, 1.82) is 0 Å². The van der Waals surface area contributed by atoms with Crippen LogP contribution in [0.5, 0.6) is 5.75 Å². The number of pyridine rings is 1. The number of hydrogen-bond donors (Lipinski definition) is 1. The van der Waals surface area contributed by atoms with E-state index in [1.54, 1.807) is 18.9 Å². The monoisotopic (exact) mass is 336 g/mol. The predicted octanol–water partition coefficient (Wildman–Crippen LogP) is 3.77. The Morgan fingerprint density at radius 3 is 2.88 bits per heavy atom.